The maximum absolute atomic E-state index is 9.29. The number of nitrogens with zero attached hydrogens (tertiary/aromatic N) is 3. The lowest BCUT2D eigenvalue weighted by Crippen LogP contribution is -2.20. The van der Waals surface area contributed by atoms with Gasteiger partial charge >= 0.3 is 0 Å². The van der Waals surface area contributed by atoms with Gasteiger partial charge in [0.15, 0.2) is 0 Å². The highest BCUT2D eigenvalue weighted by Gasteiger charge is 2.22. The van der Waals surface area contributed by atoms with E-state index < -0.39 is 0 Å². The molecule has 0 radical (unpaired) electrons. The van der Waals surface area contributed by atoms with Gasteiger partial charge in [-0.25, -0.2) is 0 Å². The molecule has 0 saturated carbocycles. The van der Waals surface area contributed by atoms with E-state index in [-0.39, 0.29) is 12.7 Å². The van der Waals surface area contributed by atoms with Crippen LogP contribution in [0.4, 0.5) is 5.13 Å². The van der Waals surface area contributed by atoms with Crippen LogP contribution in [-0.2, 0) is 6.61 Å². The Bertz CT molecular complexity index is 291. The monoisotopic (exact) mass is 201 g/mol. The van der Waals surface area contributed by atoms with Gasteiger partial charge in [0, 0.05) is 13.1 Å². The van der Waals surface area contributed by atoms with Crippen LogP contribution >= 0.6 is 11.3 Å². The predicted octanol–water partition coefficient (Wildman–Crippen LogP) is -0.399. The molecule has 2 heterocycles. The molecule has 0 unspecified atom stereocenters. The molecular formula is C7H11N3O2S. The van der Waals surface area contributed by atoms with Crippen LogP contribution in [0, 0.1) is 0 Å². The molecule has 5 nitrogen and oxygen atoms in total. The van der Waals surface area contributed by atoms with Gasteiger partial charge in [0.05, 0.1) is 12.7 Å². The first kappa shape index (κ1) is 8.86. The maximum atomic E-state index is 9.29. The minimum atomic E-state index is -0.249. The predicted molar refractivity (Wildman–Crippen MR) is 48.7 cm³/mol. The second-order valence-electron chi connectivity index (χ2n) is 3.03. The highest BCUT2D eigenvalue weighted by Crippen LogP contribution is 2.23. The highest BCUT2D eigenvalue weighted by molar-refractivity contribution is 7.15. The van der Waals surface area contributed by atoms with Gasteiger partial charge in [-0.05, 0) is 6.42 Å². The fourth-order valence-corrected chi connectivity index (χ4v) is 2.09. The zero-order chi connectivity index (χ0) is 9.26. The van der Waals surface area contributed by atoms with Gasteiger partial charge in [0.2, 0.25) is 5.13 Å². The molecule has 1 aromatic rings. The van der Waals surface area contributed by atoms with Gasteiger partial charge in [-0.1, -0.05) is 11.3 Å². The van der Waals surface area contributed by atoms with Gasteiger partial charge in [-0.3, -0.25) is 0 Å². The van der Waals surface area contributed by atoms with Crippen LogP contribution in [0.1, 0.15) is 11.4 Å². The summed E-state index contributed by atoms with van der Waals surface area (Å²) in [7, 11) is 0. The van der Waals surface area contributed by atoms with Crippen molar-refractivity contribution in [2.45, 2.75) is 19.1 Å². The van der Waals surface area contributed by atoms with E-state index in [1.54, 1.807) is 0 Å². The Labute approximate surface area is 79.6 Å². The maximum Gasteiger partial charge on any atom is 0.208 e. The number of aliphatic hydroxyl groups is 2. The Hall–Kier alpha value is -0.720. The van der Waals surface area contributed by atoms with E-state index in [1.807, 2.05) is 4.90 Å². The molecule has 6 heteroatoms. The summed E-state index contributed by atoms with van der Waals surface area (Å²) < 4.78 is 0. The first-order valence-electron chi connectivity index (χ1n) is 4.16. The number of rotatable bonds is 2. The second-order valence-corrected chi connectivity index (χ2v) is 4.07. The first-order chi connectivity index (χ1) is 6.29. The van der Waals surface area contributed by atoms with Gasteiger partial charge in [-0.15, -0.1) is 10.2 Å². The average Bonchev–Trinajstić information content (AvgIpc) is 2.71. The van der Waals surface area contributed by atoms with Crippen molar-refractivity contribution >= 4 is 16.5 Å². The Morgan fingerprint density at radius 3 is 2.92 bits per heavy atom. The standard InChI is InChI=1S/C7H11N3O2S/c11-4-6-8-9-7(13-6)10-2-1-5(12)3-10/h5,11-12H,1-4H2/t5-/m0/s1. The third-order valence-corrected chi connectivity index (χ3v) is 2.99. The molecule has 1 aliphatic heterocycles. The van der Waals surface area contributed by atoms with Crippen molar-refractivity contribution in [2.24, 2.45) is 0 Å². The quantitative estimate of drug-likeness (QED) is 0.681. The molecule has 13 heavy (non-hydrogen) atoms. The van der Waals surface area contributed by atoms with E-state index in [0.717, 1.165) is 18.1 Å². The topological polar surface area (TPSA) is 69.5 Å². The van der Waals surface area contributed by atoms with E-state index >= 15 is 0 Å². The van der Waals surface area contributed by atoms with E-state index in [2.05, 4.69) is 10.2 Å². The number of β-amino-alcohol motifs (C(OH)–C–C–N with tert-alkyl or cyclic N) is 1. The van der Waals surface area contributed by atoms with Crippen LogP contribution in [0.5, 0.6) is 0 Å². The Kier molecular flexibility index (Phi) is 2.43. The van der Waals surface area contributed by atoms with Crippen molar-refractivity contribution in [3.8, 4) is 0 Å². The number of hydrogen-bond donors (Lipinski definition) is 2. The van der Waals surface area contributed by atoms with Crippen LogP contribution < -0.4 is 4.90 Å². The molecule has 0 spiro atoms. The lowest BCUT2D eigenvalue weighted by atomic mass is 10.3. The lowest BCUT2D eigenvalue weighted by molar-refractivity contribution is 0.198. The molecule has 2 N–H and O–H groups in total. The molecule has 1 aromatic heterocycles. The lowest BCUT2D eigenvalue weighted by Gasteiger charge is -2.11. The first-order valence-corrected chi connectivity index (χ1v) is 4.97. The SMILES string of the molecule is OCc1nnc(N2CC[C@H](O)C2)s1. The molecule has 1 fully saturated rings. The molecule has 1 aliphatic rings. The van der Waals surface area contributed by atoms with Crippen LogP contribution in [0.2, 0.25) is 0 Å². The van der Waals surface area contributed by atoms with E-state index in [1.165, 1.54) is 11.3 Å². The van der Waals surface area contributed by atoms with Gasteiger partial charge < -0.3 is 15.1 Å². The summed E-state index contributed by atoms with van der Waals surface area (Å²) >= 11 is 1.37. The zero-order valence-electron chi connectivity index (χ0n) is 7.05. The fourth-order valence-electron chi connectivity index (χ4n) is 1.35. The Balaban J connectivity index is 2.08. The van der Waals surface area contributed by atoms with Crippen molar-refractivity contribution in [3.05, 3.63) is 5.01 Å². The molecule has 0 bridgehead atoms. The normalized spacial score (nSPS) is 22.6. The molecule has 0 amide bonds. The minimum absolute atomic E-state index is 0.0614. The Morgan fingerprint density at radius 2 is 2.38 bits per heavy atom. The summed E-state index contributed by atoms with van der Waals surface area (Å²) in [5, 5.41) is 27.2. The second kappa shape index (κ2) is 3.57. The van der Waals surface area contributed by atoms with Crippen LogP contribution in [0.15, 0.2) is 0 Å². The van der Waals surface area contributed by atoms with Crippen LogP contribution in [0.3, 0.4) is 0 Å². The summed E-state index contributed by atoms with van der Waals surface area (Å²) in [6, 6.07) is 0. The molecule has 0 aromatic carbocycles. The summed E-state index contributed by atoms with van der Waals surface area (Å²) in [4.78, 5) is 1.99. The van der Waals surface area contributed by atoms with Crippen molar-refractivity contribution < 1.29 is 10.2 Å². The Morgan fingerprint density at radius 1 is 1.54 bits per heavy atom. The third-order valence-electron chi connectivity index (χ3n) is 2.03. The third kappa shape index (κ3) is 1.79. The summed E-state index contributed by atoms with van der Waals surface area (Å²) in [5.74, 6) is 0. The number of anilines is 1. The largest absolute Gasteiger partial charge is 0.391 e. The van der Waals surface area contributed by atoms with Crippen molar-refractivity contribution in [2.75, 3.05) is 18.0 Å². The van der Waals surface area contributed by atoms with E-state index in [9.17, 15) is 5.11 Å². The van der Waals surface area contributed by atoms with Gasteiger partial charge in [0.25, 0.3) is 0 Å². The van der Waals surface area contributed by atoms with Crippen molar-refractivity contribution in [3.63, 3.8) is 0 Å². The highest BCUT2D eigenvalue weighted by atomic mass is 32.1. The summed E-state index contributed by atoms with van der Waals surface area (Å²) in [6.45, 7) is 1.38. The van der Waals surface area contributed by atoms with Crippen LogP contribution in [0.25, 0.3) is 0 Å². The number of hydrogen-bond acceptors (Lipinski definition) is 6. The molecule has 72 valence electrons. The molecule has 1 saturated heterocycles. The van der Waals surface area contributed by atoms with Gasteiger partial charge in [-0.2, -0.15) is 0 Å². The number of aliphatic hydroxyl groups excluding tert-OH is 2. The molecule has 2 rings (SSSR count). The van der Waals surface area contributed by atoms with Gasteiger partial charge in [0.1, 0.15) is 5.01 Å². The fraction of sp³-hybridized carbons (Fsp3) is 0.714. The molecule has 0 aliphatic carbocycles. The zero-order valence-corrected chi connectivity index (χ0v) is 7.87. The van der Waals surface area contributed by atoms with Crippen LogP contribution in [-0.4, -0.2) is 39.6 Å². The van der Waals surface area contributed by atoms with E-state index in [4.69, 9.17) is 5.11 Å². The molecule has 1 atom stereocenters. The molecular weight excluding hydrogens is 190 g/mol. The summed E-state index contributed by atoms with van der Waals surface area (Å²) in [6.07, 6.45) is 0.537. The minimum Gasteiger partial charge on any atom is -0.391 e. The average molecular weight is 201 g/mol. The van der Waals surface area contributed by atoms with Crippen molar-refractivity contribution in [1.29, 1.82) is 0 Å². The van der Waals surface area contributed by atoms with E-state index in [0.29, 0.717) is 11.6 Å². The number of aromatic nitrogens is 2. The smallest absolute Gasteiger partial charge is 0.208 e. The summed E-state index contributed by atoms with van der Waals surface area (Å²) in [5.41, 5.74) is 0. The van der Waals surface area contributed by atoms with Crippen molar-refractivity contribution in [1.82, 2.24) is 10.2 Å².